The van der Waals surface area contributed by atoms with E-state index in [0.29, 0.717) is 0 Å². The number of thioether (sulfide) groups is 1. The highest BCUT2D eigenvalue weighted by Gasteiger charge is 2.11. The zero-order chi connectivity index (χ0) is 7.23. The third kappa shape index (κ3) is 2.93. The molecule has 1 aliphatic heterocycles. The molecule has 0 amide bonds. The fraction of sp³-hybridized carbons (Fsp3) is 1.00. The Balaban J connectivity index is 2.02. The Kier molecular flexibility index (Phi) is 4.23. The lowest BCUT2D eigenvalue weighted by Crippen LogP contribution is -2.26. The second-order valence-corrected chi connectivity index (χ2v) is 4.20. The van der Waals surface area contributed by atoms with E-state index < -0.39 is 0 Å². The molecule has 1 aliphatic rings. The maximum Gasteiger partial charge on any atom is 0.0172 e. The van der Waals surface area contributed by atoms with E-state index in [4.69, 9.17) is 0 Å². The predicted molar refractivity (Wildman–Crippen MR) is 48.6 cm³/mol. The third-order valence-electron chi connectivity index (χ3n) is 1.90. The highest BCUT2D eigenvalue weighted by Crippen LogP contribution is 2.23. The maximum absolute atomic E-state index is 3.40. The summed E-state index contributed by atoms with van der Waals surface area (Å²) >= 11 is 2.14. The minimum Gasteiger partial charge on any atom is -0.316 e. The van der Waals surface area contributed by atoms with Crippen LogP contribution < -0.4 is 5.32 Å². The van der Waals surface area contributed by atoms with Gasteiger partial charge in [0.2, 0.25) is 0 Å². The summed E-state index contributed by atoms with van der Waals surface area (Å²) in [6.07, 6.45) is 4.31. The molecule has 1 saturated heterocycles. The van der Waals surface area contributed by atoms with Crippen molar-refractivity contribution in [1.29, 1.82) is 0 Å². The first-order valence-corrected chi connectivity index (χ1v) is 5.30. The Bertz CT molecular complexity index is 79.3. The second kappa shape index (κ2) is 5.03. The lowest BCUT2D eigenvalue weighted by molar-refractivity contribution is 0.610. The quantitative estimate of drug-likeness (QED) is 0.675. The molecule has 0 aromatic carbocycles. The minimum absolute atomic E-state index is 0.911. The van der Waals surface area contributed by atoms with Gasteiger partial charge in [0.15, 0.2) is 0 Å². The number of nitrogens with one attached hydrogen (secondary N) is 1. The smallest absolute Gasteiger partial charge is 0.0172 e. The molecule has 0 aromatic heterocycles. The van der Waals surface area contributed by atoms with Gasteiger partial charge in [0.25, 0.3) is 0 Å². The van der Waals surface area contributed by atoms with Gasteiger partial charge in [-0.15, -0.1) is 0 Å². The highest BCUT2D eigenvalue weighted by molar-refractivity contribution is 7.99. The molecule has 0 aromatic rings. The van der Waals surface area contributed by atoms with Gasteiger partial charge in [-0.2, -0.15) is 11.8 Å². The van der Waals surface area contributed by atoms with Gasteiger partial charge in [0.05, 0.1) is 0 Å². The fourth-order valence-electron chi connectivity index (χ4n) is 1.27. The molecule has 0 radical (unpaired) electrons. The lowest BCUT2D eigenvalue weighted by Gasteiger charge is -2.20. The van der Waals surface area contributed by atoms with Gasteiger partial charge < -0.3 is 5.32 Å². The molecule has 0 spiro atoms. The first-order valence-electron chi connectivity index (χ1n) is 4.26. The summed E-state index contributed by atoms with van der Waals surface area (Å²) in [4.78, 5) is 0. The van der Waals surface area contributed by atoms with Crippen LogP contribution in [0.25, 0.3) is 0 Å². The predicted octanol–water partition coefficient (Wildman–Crippen LogP) is 1.88. The van der Waals surface area contributed by atoms with Crippen LogP contribution in [0.5, 0.6) is 0 Å². The molecule has 0 saturated carbocycles. The summed E-state index contributed by atoms with van der Waals surface area (Å²) in [5.41, 5.74) is 0. The first kappa shape index (κ1) is 8.41. The van der Waals surface area contributed by atoms with Crippen molar-refractivity contribution >= 4 is 11.8 Å². The minimum atomic E-state index is 0.911. The van der Waals surface area contributed by atoms with Crippen molar-refractivity contribution in [3.8, 4) is 0 Å². The van der Waals surface area contributed by atoms with Gasteiger partial charge >= 0.3 is 0 Å². The number of hydrogen-bond acceptors (Lipinski definition) is 2. The van der Waals surface area contributed by atoms with Crippen molar-refractivity contribution in [3.63, 3.8) is 0 Å². The molecule has 0 bridgehead atoms. The van der Waals surface area contributed by atoms with Crippen molar-refractivity contribution < 1.29 is 0 Å². The first-order chi connectivity index (χ1) is 4.93. The Morgan fingerprint density at radius 1 is 1.50 bits per heavy atom. The summed E-state index contributed by atoms with van der Waals surface area (Å²) in [5, 5.41) is 4.31. The van der Waals surface area contributed by atoms with Crippen LogP contribution in [-0.4, -0.2) is 24.1 Å². The van der Waals surface area contributed by atoms with E-state index in [2.05, 4.69) is 24.0 Å². The Labute approximate surface area is 68.0 Å². The normalized spacial score (nSPS) is 26.7. The Morgan fingerprint density at radius 2 is 2.40 bits per heavy atom. The van der Waals surface area contributed by atoms with E-state index in [-0.39, 0.29) is 0 Å². The van der Waals surface area contributed by atoms with Crippen LogP contribution in [0.2, 0.25) is 0 Å². The number of rotatable bonds is 3. The van der Waals surface area contributed by atoms with Gasteiger partial charge in [-0.1, -0.05) is 13.3 Å². The van der Waals surface area contributed by atoms with Crippen LogP contribution in [0, 0.1) is 0 Å². The van der Waals surface area contributed by atoms with Crippen LogP contribution >= 0.6 is 11.8 Å². The largest absolute Gasteiger partial charge is 0.316 e. The van der Waals surface area contributed by atoms with Crippen molar-refractivity contribution in [3.05, 3.63) is 0 Å². The summed E-state index contributed by atoms with van der Waals surface area (Å²) in [6.45, 7) is 4.52. The van der Waals surface area contributed by atoms with Crippen LogP contribution in [-0.2, 0) is 0 Å². The second-order valence-electron chi connectivity index (χ2n) is 2.80. The zero-order valence-electron chi connectivity index (χ0n) is 6.73. The molecule has 1 unspecified atom stereocenters. The monoisotopic (exact) mass is 159 g/mol. The Morgan fingerprint density at radius 3 is 3.00 bits per heavy atom. The topological polar surface area (TPSA) is 12.0 Å². The van der Waals surface area contributed by atoms with Crippen molar-refractivity contribution in [2.24, 2.45) is 0 Å². The summed E-state index contributed by atoms with van der Waals surface area (Å²) in [6, 6.07) is 0. The molecule has 2 heteroatoms. The Hall–Kier alpha value is 0.310. The highest BCUT2D eigenvalue weighted by atomic mass is 32.2. The molecule has 1 heterocycles. The number of hydrogen-bond donors (Lipinski definition) is 1. The van der Waals surface area contributed by atoms with Gasteiger partial charge in [0, 0.05) is 11.8 Å². The van der Waals surface area contributed by atoms with Crippen LogP contribution in [0.15, 0.2) is 0 Å². The summed E-state index contributed by atoms with van der Waals surface area (Å²) < 4.78 is 0. The van der Waals surface area contributed by atoms with Gasteiger partial charge in [0.1, 0.15) is 0 Å². The standard InChI is InChI=1S/C8H17NS/c1-2-9-7-8-5-3-4-6-10-8/h8-9H,2-7H2,1H3. The van der Waals surface area contributed by atoms with E-state index in [1.807, 2.05) is 0 Å². The fourth-order valence-corrected chi connectivity index (χ4v) is 2.55. The maximum atomic E-state index is 3.40. The zero-order valence-corrected chi connectivity index (χ0v) is 7.54. The third-order valence-corrected chi connectivity index (χ3v) is 3.29. The van der Waals surface area contributed by atoms with E-state index >= 15 is 0 Å². The van der Waals surface area contributed by atoms with Crippen molar-refractivity contribution in [1.82, 2.24) is 5.32 Å². The van der Waals surface area contributed by atoms with E-state index in [1.54, 1.807) is 0 Å². The lowest BCUT2D eigenvalue weighted by atomic mass is 10.2. The molecule has 1 rings (SSSR count). The average Bonchev–Trinajstić information content (AvgIpc) is 2.03. The van der Waals surface area contributed by atoms with Gasteiger partial charge in [-0.3, -0.25) is 0 Å². The molecule has 10 heavy (non-hydrogen) atoms. The summed E-state index contributed by atoms with van der Waals surface area (Å²) in [5.74, 6) is 1.38. The molecule has 1 N–H and O–H groups in total. The molecule has 0 aliphatic carbocycles. The molecule has 1 fully saturated rings. The van der Waals surface area contributed by atoms with Crippen LogP contribution in [0.1, 0.15) is 26.2 Å². The van der Waals surface area contributed by atoms with E-state index in [9.17, 15) is 0 Å². The van der Waals surface area contributed by atoms with E-state index in [0.717, 1.165) is 11.8 Å². The SMILES string of the molecule is CCNCC1CCCCS1. The molecule has 1 nitrogen and oxygen atoms in total. The van der Waals surface area contributed by atoms with Crippen LogP contribution in [0.3, 0.4) is 0 Å². The van der Waals surface area contributed by atoms with Crippen molar-refractivity contribution in [2.45, 2.75) is 31.4 Å². The molecular formula is C8H17NS. The molecule has 60 valence electrons. The van der Waals surface area contributed by atoms with Crippen molar-refractivity contribution in [2.75, 3.05) is 18.8 Å². The molecular weight excluding hydrogens is 142 g/mol. The average molecular weight is 159 g/mol. The summed E-state index contributed by atoms with van der Waals surface area (Å²) in [7, 11) is 0. The van der Waals surface area contributed by atoms with Gasteiger partial charge in [-0.05, 0) is 25.1 Å². The molecule has 1 atom stereocenters. The van der Waals surface area contributed by atoms with Crippen LogP contribution in [0.4, 0.5) is 0 Å². The van der Waals surface area contributed by atoms with E-state index in [1.165, 1.54) is 31.6 Å². The van der Waals surface area contributed by atoms with Gasteiger partial charge in [-0.25, -0.2) is 0 Å².